The van der Waals surface area contributed by atoms with E-state index in [1.807, 2.05) is 0 Å². The topological polar surface area (TPSA) is 37.3 Å². The number of aliphatic hydroxyl groups is 1. The smallest absolute Gasteiger partial charge is 0.387 e. The van der Waals surface area contributed by atoms with E-state index < -0.39 is 47.9 Å². The van der Waals surface area contributed by atoms with E-state index in [1.54, 1.807) is 0 Å². The Kier molecular flexibility index (Phi) is 7.59. The predicted molar refractivity (Wildman–Crippen MR) is 54.3 cm³/mol. The van der Waals surface area contributed by atoms with Gasteiger partial charge < -0.3 is 5.11 Å². The fourth-order valence-electron chi connectivity index (χ4n) is 0.850. The quantitative estimate of drug-likeness (QED) is 0.667. The number of carbonyl (C=O) groups is 1. The van der Waals surface area contributed by atoms with Gasteiger partial charge in [-0.3, -0.25) is 4.79 Å². The molecule has 0 amide bonds. The van der Waals surface area contributed by atoms with Gasteiger partial charge in [0, 0.05) is 6.92 Å². The third-order valence-corrected chi connectivity index (χ3v) is 2.49. The zero-order valence-electron chi connectivity index (χ0n) is 12.2. The molecule has 0 radical (unpaired) electrons. The van der Waals surface area contributed by atoms with E-state index in [0.29, 0.717) is 0 Å². The lowest BCUT2D eigenvalue weighted by atomic mass is 10.1. The molecule has 0 aliphatic heterocycles. The van der Waals surface area contributed by atoms with Crippen molar-refractivity contribution in [2.45, 2.75) is 56.0 Å². The summed E-state index contributed by atoms with van der Waals surface area (Å²) in [5.41, 5.74) is 0. The van der Waals surface area contributed by atoms with Crippen LogP contribution in [0.25, 0.3) is 0 Å². The van der Waals surface area contributed by atoms with Crippen LogP contribution in [0.1, 0.15) is 13.8 Å². The molecule has 0 aromatic carbocycles. The lowest BCUT2D eigenvalue weighted by Crippen LogP contribution is -2.56. The summed E-state index contributed by atoms with van der Waals surface area (Å²) >= 11 is 0. The summed E-state index contributed by atoms with van der Waals surface area (Å²) in [5.74, 6) is -26.3. The molecule has 1 atom stereocenters. The Morgan fingerprint density at radius 2 is 0.962 bits per heavy atom. The third-order valence-electron chi connectivity index (χ3n) is 2.49. The number of alkyl halides is 14. The number of hydrogen-bond acceptors (Lipinski definition) is 2. The fourth-order valence-corrected chi connectivity index (χ4v) is 0.850. The van der Waals surface area contributed by atoms with Gasteiger partial charge >= 0.3 is 36.0 Å². The van der Waals surface area contributed by atoms with Gasteiger partial charge in [-0.25, -0.2) is 0 Å². The van der Waals surface area contributed by atoms with E-state index in [-0.39, 0.29) is 13.8 Å². The Morgan fingerprint density at radius 1 is 0.692 bits per heavy atom. The van der Waals surface area contributed by atoms with Crippen molar-refractivity contribution in [3.63, 3.8) is 0 Å². The van der Waals surface area contributed by atoms with E-state index in [2.05, 4.69) is 0 Å². The predicted octanol–water partition coefficient (Wildman–Crippen LogP) is 4.61. The minimum absolute atomic E-state index is 0.0420. The van der Waals surface area contributed by atoms with E-state index in [1.165, 1.54) is 0 Å². The maximum Gasteiger partial charge on any atom is 0.460 e. The molecule has 158 valence electrons. The largest absolute Gasteiger partial charge is 0.460 e. The van der Waals surface area contributed by atoms with Gasteiger partial charge in [0.2, 0.25) is 5.78 Å². The zero-order valence-corrected chi connectivity index (χ0v) is 12.2. The van der Waals surface area contributed by atoms with Crippen molar-refractivity contribution in [3.05, 3.63) is 0 Å². The van der Waals surface area contributed by atoms with E-state index in [0.717, 1.165) is 0 Å². The fraction of sp³-hybridized carbons (Fsp3) is 0.900. The highest BCUT2D eigenvalue weighted by Crippen LogP contribution is 2.48. The number of aliphatic hydroxyl groups excluding tert-OH is 1. The van der Waals surface area contributed by atoms with Gasteiger partial charge in [0.15, 0.2) is 0 Å². The van der Waals surface area contributed by atoms with Crippen molar-refractivity contribution >= 4 is 5.78 Å². The zero-order chi connectivity index (χ0) is 22.2. The van der Waals surface area contributed by atoms with E-state index >= 15 is 0 Å². The lowest BCUT2D eigenvalue weighted by molar-refractivity contribution is -0.369. The Morgan fingerprint density at radius 3 is 1.04 bits per heavy atom. The van der Waals surface area contributed by atoms with Crippen LogP contribution in [0, 0.1) is 0 Å². The van der Waals surface area contributed by atoms with Crippen molar-refractivity contribution in [1.29, 1.82) is 0 Å². The molecule has 0 aliphatic rings. The molecule has 0 fully saturated rings. The van der Waals surface area contributed by atoms with Gasteiger partial charge in [0.25, 0.3) is 0 Å². The van der Waals surface area contributed by atoms with Crippen LogP contribution < -0.4 is 0 Å². The summed E-state index contributed by atoms with van der Waals surface area (Å²) in [6.45, 7) is 0.110. The van der Waals surface area contributed by atoms with Crippen LogP contribution in [-0.4, -0.2) is 53.0 Å². The molecule has 1 N–H and O–H groups in total. The maximum absolute atomic E-state index is 12.1. The molecule has 0 rings (SSSR count). The number of carbonyl (C=O) groups excluding carboxylic acids is 1. The first kappa shape index (κ1) is 26.9. The molecular weight excluding hydrogens is 418 g/mol. The second-order valence-electron chi connectivity index (χ2n) is 4.57. The maximum atomic E-state index is 12.1. The molecule has 1 unspecified atom stereocenters. The molecule has 16 heteroatoms. The number of rotatable bonds is 4. The normalized spacial score (nSPS) is 15.9. The molecule has 0 saturated carbocycles. The standard InChI is InChI=1S/C5H5F7O.C5H3F7O/c2*1-2(13)3(6,7)4(8,9)5(10,11)12/h2,13H,1H3;1H3. The van der Waals surface area contributed by atoms with Gasteiger partial charge in [0.05, 0.1) is 0 Å². The van der Waals surface area contributed by atoms with Crippen LogP contribution in [0.4, 0.5) is 61.5 Å². The molecule has 0 aromatic rings. The van der Waals surface area contributed by atoms with Gasteiger partial charge in [0.1, 0.15) is 6.10 Å². The minimum atomic E-state index is -6.44. The average molecular weight is 426 g/mol. The Balaban J connectivity index is 0. The van der Waals surface area contributed by atoms with Crippen LogP contribution in [0.3, 0.4) is 0 Å². The summed E-state index contributed by atoms with van der Waals surface area (Å²) in [7, 11) is 0. The number of ketones is 1. The second kappa shape index (κ2) is 7.34. The first-order chi connectivity index (χ1) is 10.9. The molecule has 0 saturated heterocycles. The number of halogens is 14. The Hall–Kier alpha value is -1.35. The highest BCUT2D eigenvalue weighted by atomic mass is 19.4. The van der Waals surface area contributed by atoms with Crippen LogP contribution in [-0.2, 0) is 4.79 Å². The van der Waals surface area contributed by atoms with Crippen molar-refractivity contribution < 1.29 is 71.4 Å². The summed E-state index contributed by atoms with van der Waals surface area (Å²) in [5, 5.41) is 8.05. The molecule has 2 nitrogen and oxygen atoms in total. The molecule has 0 spiro atoms. The lowest BCUT2D eigenvalue weighted by Gasteiger charge is -2.29. The van der Waals surface area contributed by atoms with Gasteiger partial charge in [-0.1, -0.05) is 0 Å². The first-order valence-corrected chi connectivity index (χ1v) is 5.72. The highest BCUT2D eigenvalue weighted by Gasteiger charge is 2.75. The van der Waals surface area contributed by atoms with Gasteiger partial charge in [-0.2, -0.15) is 61.5 Å². The van der Waals surface area contributed by atoms with E-state index in [4.69, 9.17) is 5.11 Å². The summed E-state index contributed by atoms with van der Waals surface area (Å²) in [4.78, 5) is 9.83. The SMILES string of the molecule is CC(=O)C(F)(F)C(F)(F)C(F)(F)F.CC(O)C(F)(F)C(F)(F)C(F)(F)F. The van der Waals surface area contributed by atoms with Crippen molar-refractivity contribution in [2.24, 2.45) is 0 Å². The second-order valence-corrected chi connectivity index (χ2v) is 4.57. The van der Waals surface area contributed by atoms with Crippen molar-refractivity contribution in [1.82, 2.24) is 0 Å². The molecule has 0 aliphatic carbocycles. The summed E-state index contributed by atoms with van der Waals surface area (Å²) in [6.07, 6.45) is -15.9. The number of hydrogen-bond donors (Lipinski definition) is 1. The van der Waals surface area contributed by atoms with Crippen LogP contribution in [0.5, 0.6) is 0 Å². The molecule has 0 aromatic heterocycles. The van der Waals surface area contributed by atoms with E-state index in [9.17, 15) is 66.3 Å². The highest BCUT2D eigenvalue weighted by molar-refractivity contribution is 5.84. The first-order valence-electron chi connectivity index (χ1n) is 5.72. The molecular formula is C10H8F14O2. The average Bonchev–Trinajstić information content (AvgIpc) is 2.35. The van der Waals surface area contributed by atoms with Crippen LogP contribution in [0.2, 0.25) is 0 Å². The third kappa shape index (κ3) is 4.88. The Bertz CT molecular complexity index is 487. The van der Waals surface area contributed by atoms with Crippen LogP contribution in [0.15, 0.2) is 0 Å². The summed E-state index contributed by atoms with van der Waals surface area (Å²) < 4.78 is 164. The molecule has 0 heterocycles. The molecule has 0 bridgehead atoms. The molecule has 26 heavy (non-hydrogen) atoms. The monoisotopic (exact) mass is 426 g/mol. The van der Waals surface area contributed by atoms with Gasteiger partial charge in [-0.05, 0) is 6.92 Å². The minimum Gasteiger partial charge on any atom is -0.387 e. The van der Waals surface area contributed by atoms with Crippen LogP contribution >= 0.6 is 0 Å². The van der Waals surface area contributed by atoms with Crippen molar-refractivity contribution in [3.8, 4) is 0 Å². The van der Waals surface area contributed by atoms with Crippen molar-refractivity contribution in [2.75, 3.05) is 0 Å². The number of Topliss-reactive ketones (excluding diaryl/α,β-unsaturated/α-hetero) is 1. The van der Waals surface area contributed by atoms with Gasteiger partial charge in [-0.15, -0.1) is 0 Å². The Labute approximate surface area is 134 Å². The summed E-state index contributed by atoms with van der Waals surface area (Å²) in [6, 6.07) is 0.